The molecule has 0 heterocycles. The van der Waals surface area contributed by atoms with Gasteiger partial charge in [-0.3, -0.25) is 0 Å². The lowest BCUT2D eigenvalue weighted by Gasteiger charge is -2.08. The molecule has 0 aliphatic heterocycles. The van der Waals surface area contributed by atoms with Gasteiger partial charge in [0, 0.05) is 0 Å². The van der Waals surface area contributed by atoms with Crippen LogP contribution in [0.4, 0.5) is 0 Å². The van der Waals surface area contributed by atoms with Crippen molar-refractivity contribution in [3.8, 4) is 0 Å². The molecule has 0 aliphatic carbocycles. The first kappa shape index (κ1) is 10.4. The summed E-state index contributed by atoms with van der Waals surface area (Å²) in [5.74, 6) is 0. The summed E-state index contributed by atoms with van der Waals surface area (Å²) >= 11 is 0. The molecule has 0 spiro atoms. The topological polar surface area (TPSA) is 26.3 Å². The van der Waals surface area contributed by atoms with E-state index in [0.717, 1.165) is 25.5 Å². The fourth-order valence-electron chi connectivity index (χ4n) is 0.788. The largest absolute Gasteiger partial charge is 0.367 e. The summed E-state index contributed by atoms with van der Waals surface area (Å²) in [5, 5.41) is 0. The Morgan fingerprint density at radius 1 is 1.64 bits per heavy atom. The van der Waals surface area contributed by atoms with E-state index in [0.29, 0.717) is 6.61 Å². The first-order chi connectivity index (χ1) is 5.35. The summed E-state index contributed by atoms with van der Waals surface area (Å²) < 4.78 is 5.16. The molecule has 0 rings (SSSR count). The Morgan fingerprint density at radius 3 is 2.82 bits per heavy atom. The van der Waals surface area contributed by atoms with Crippen LogP contribution in [0.1, 0.15) is 26.2 Å². The van der Waals surface area contributed by atoms with E-state index in [9.17, 15) is 4.79 Å². The maximum absolute atomic E-state index is 10.4. The molecule has 0 saturated heterocycles. The first-order valence-electron chi connectivity index (χ1n) is 4.03. The molecule has 0 aliphatic rings. The lowest BCUT2D eigenvalue weighted by atomic mass is 10.2. The second-order valence-corrected chi connectivity index (χ2v) is 2.44. The maximum atomic E-state index is 10.4. The van der Waals surface area contributed by atoms with E-state index in [2.05, 4.69) is 13.5 Å². The molecule has 0 bridgehead atoms. The molecule has 2 heteroatoms. The van der Waals surface area contributed by atoms with Crippen molar-refractivity contribution >= 4 is 6.29 Å². The van der Waals surface area contributed by atoms with E-state index in [1.807, 2.05) is 0 Å². The molecule has 0 N–H and O–H groups in total. The third-order valence-electron chi connectivity index (χ3n) is 1.42. The van der Waals surface area contributed by atoms with Crippen LogP contribution in [0.2, 0.25) is 0 Å². The summed E-state index contributed by atoms with van der Waals surface area (Å²) in [6.07, 6.45) is 5.26. The predicted octanol–water partition coefficient (Wildman–Crippen LogP) is 1.95. The zero-order chi connectivity index (χ0) is 8.53. The van der Waals surface area contributed by atoms with E-state index in [-0.39, 0.29) is 6.10 Å². The fraction of sp³-hybridized carbons (Fsp3) is 0.667. The summed E-state index contributed by atoms with van der Waals surface area (Å²) in [4.78, 5) is 10.4. The monoisotopic (exact) mass is 156 g/mol. The Balaban J connectivity index is 3.40. The SMILES string of the molecule is C=CCOC(C=O)CCCC. The first-order valence-corrected chi connectivity index (χ1v) is 4.03. The minimum Gasteiger partial charge on any atom is -0.367 e. The Bertz CT molecular complexity index is 110. The zero-order valence-corrected chi connectivity index (χ0v) is 7.08. The number of hydrogen-bond donors (Lipinski definition) is 0. The number of carbonyl (C=O) groups excluding carboxylic acids is 1. The molecule has 0 amide bonds. The summed E-state index contributed by atoms with van der Waals surface area (Å²) in [7, 11) is 0. The van der Waals surface area contributed by atoms with Crippen molar-refractivity contribution in [3.63, 3.8) is 0 Å². The summed E-state index contributed by atoms with van der Waals surface area (Å²) in [6.45, 7) is 6.06. The van der Waals surface area contributed by atoms with Crippen molar-refractivity contribution in [2.24, 2.45) is 0 Å². The number of aldehydes is 1. The van der Waals surface area contributed by atoms with Crippen molar-refractivity contribution in [3.05, 3.63) is 12.7 Å². The van der Waals surface area contributed by atoms with Gasteiger partial charge in [0.25, 0.3) is 0 Å². The van der Waals surface area contributed by atoms with Crippen LogP contribution in [-0.2, 0) is 9.53 Å². The zero-order valence-electron chi connectivity index (χ0n) is 7.08. The molecule has 0 saturated carbocycles. The van der Waals surface area contributed by atoms with Gasteiger partial charge in [0.05, 0.1) is 6.61 Å². The molecular formula is C9H16O2. The van der Waals surface area contributed by atoms with Gasteiger partial charge in [-0.2, -0.15) is 0 Å². The average molecular weight is 156 g/mol. The van der Waals surface area contributed by atoms with Crippen molar-refractivity contribution in [1.29, 1.82) is 0 Å². The highest BCUT2D eigenvalue weighted by Crippen LogP contribution is 2.01. The Kier molecular flexibility index (Phi) is 7.05. The predicted molar refractivity (Wildman–Crippen MR) is 45.5 cm³/mol. The molecule has 0 aromatic carbocycles. The standard InChI is InChI=1S/C9H16O2/c1-3-5-6-9(8-10)11-7-4-2/h4,8-9H,2-3,5-7H2,1H3. The third-order valence-corrected chi connectivity index (χ3v) is 1.42. The van der Waals surface area contributed by atoms with Crippen molar-refractivity contribution in [2.75, 3.05) is 6.61 Å². The minimum atomic E-state index is -0.229. The van der Waals surface area contributed by atoms with Crippen LogP contribution in [-0.4, -0.2) is 19.0 Å². The molecule has 1 atom stereocenters. The Morgan fingerprint density at radius 2 is 2.36 bits per heavy atom. The van der Waals surface area contributed by atoms with E-state index in [1.54, 1.807) is 6.08 Å². The second kappa shape index (κ2) is 7.48. The summed E-state index contributed by atoms with van der Waals surface area (Å²) in [5.41, 5.74) is 0. The van der Waals surface area contributed by atoms with Crippen molar-refractivity contribution in [2.45, 2.75) is 32.3 Å². The van der Waals surface area contributed by atoms with E-state index in [4.69, 9.17) is 4.74 Å². The molecular weight excluding hydrogens is 140 g/mol. The van der Waals surface area contributed by atoms with Gasteiger partial charge in [-0.1, -0.05) is 25.8 Å². The van der Waals surface area contributed by atoms with Crippen molar-refractivity contribution in [1.82, 2.24) is 0 Å². The van der Waals surface area contributed by atoms with Crippen LogP contribution in [0.15, 0.2) is 12.7 Å². The van der Waals surface area contributed by atoms with Gasteiger partial charge in [0.1, 0.15) is 12.4 Å². The molecule has 1 unspecified atom stereocenters. The second-order valence-electron chi connectivity index (χ2n) is 2.44. The lowest BCUT2D eigenvalue weighted by molar-refractivity contribution is -0.117. The van der Waals surface area contributed by atoms with E-state index >= 15 is 0 Å². The Hall–Kier alpha value is -0.630. The van der Waals surface area contributed by atoms with Gasteiger partial charge in [-0.15, -0.1) is 6.58 Å². The Labute approximate surface area is 68.2 Å². The molecule has 0 radical (unpaired) electrons. The number of carbonyl (C=O) groups is 1. The van der Waals surface area contributed by atoms with Gasteiger partial charge >= 0.3 is 0 Å². The highest BCUT2D eigenvalue weighted by molar-refractivity contribution is 5.55. The molecule has 11 heavy (non-hydrogen) atoms. The van der Waals surface area contributed by atoms with Gasteiger partial charge in [-0.05, 0) is 6.42 Å². The maximum Gasteiger partial charge on any atom is 0.148 e. The van der Waals surface area contributed by atoms with Gasteiger partial charge in [0.15, 0.2) is 0 Å². The van der Waals surface area contributed by atoms with Gasteiger partial charge < -0.3 is 9.53 Å². The van der Waals surface area contributed by atoms with E-state index < -0.39 is 0 Å². The lowest BCUT2D eigenvalue weighted by Crippen LogP contribution is -2.14. The van der Waals surface area contributed by atoms with Crippen LogP contribution in [0.5, 0.6) is 0 Å². The molecule has 0 aromatic rings. The van der Waals surface area contributed by atoms with Gasteiger partial charge in [0.2, 0.25) is 0 Å². The highest BCUT2D eigenvalue weighted by atomic mass is 16.5. The quantitative estimate of drug-likeness (QED) is 0.416. The number of rotatable bonds is 7. The summed E-state index contributed by atoms with van der Waals surface area (Å²) in [6, 6.07) is 0. The molecule has 0 aromatic heterocycles. The van der Waals surface area contributed by atoms with Crippen LogP contribution in [0.3, 0.4) is 0 Å². The van der Waals surface area contributed by atoms with E-state index in [1.165, 1.54) is 0 Å². The molecule has 2 nitrogen and oxygen atoms in total. The van der Waals surface area contributed by atoms with Crippen LogP contribution >= 0.6 is 0 Å². The average Bonchev–Trinajstić information content (AvgIpc) is 2.05. The molecule has 64 valence electrons. The smallest absolute Gasteiger partial charge is 0.148 e. The van der Waals surface area contributed by atoms with Crippen molar-refractivity contribution < 1.29 is 9.53 Å². The fourth-order valence-corrected chi connectivity index (χ4v) is 0.788. The molecule has 0 fully saturated rings. The normalized spacial score (nSPS) is 12.5. The van der Waals surface area contributed by atoms with Crippen LogP contribution < -0.4 is 0 Å². The minimum absolute atomic E-state index is 0.229. The third kappa shape index (κ3) is 5.80. The number of unbranched alkanes of at least 4 members (excludes halogenated alkanes) is 1. The number of hydrogen-bond acceptors (Lipinski definition) is 2. The van der Waals surface area contributed by atoms with Crippen LogP contribution in [0, 0.1) is 0 Å². The number of ether oxygens (including phenoxy) is 1. The van der Waals surface area contributed by atoms with Crippen LogP contribution in [0.25, 0.3) is 0 Å². The van der Waals surface area contributed by atoms with Gasteiger partial charge in [-0.25, -0.2) is 0 Å². The highest BCUT2D eigenvalue weighted by Gasteiger charge is 2.04.